The van der Waals surface area contributed by atoms with Gasteiger partial charge in [0.1, 0.15) is 0 Å². The van der Waals surface area contributed by atoms with Crippen LogP contribution in [0.3, 0.4) is 0 Å². The number of hydrogen-bond donors (Lipinski definition) is 2. The summed E-state index contributed by atoms with van der Waals surface area (Å²) in [6.07, 6.45) is 6.27. The highest BCUT2D eigenvalue weighted by molar-refractivity contribution is 7.13. The average molecular weight is 297 g/mol. The Balaban J connectivity index is 1.77. The van der Waals surface area contributed by atoms with E-state index in [1.165, 1.54) is 0 Å². The number of aliphatic hydroxyl groups excluding tert-OH is 1. The third-order valence-corrected chi connectivity index (χ3v) is 5.62. The van der Waals surface area contributed by atoms with E-state index in [9.17, 15) is 5.11 Å². The van der Waals surface area contributed by atoms with Crippen LogP contribution < -0.4 is 10.2 Å². The normalized spacial score (nSPS) is 17.6. The molecule has 0 aromatic carbocycles. The van der Waals surface area contributed by atoms with Crippen molar-refractivity contribution in [3.05, 3.63) is 11.6 Å². The van der Waals surface area contributed by atoms with Crippen molar-refractivity contribution in [2.24, 2.45) is 5.41 Å². The van der Waals surface area contributed by atoms with Gasteiger partial charge in [-0.3, -0.25) is 0 Å². The van der Waals surface area contributed by atoms with Crippen LogP contribution in [0.4, 0.5) is 5.13 Å². The molecule has 0 bridgehead atoms. The molecule has 0 spiro atoms. The maximum Gasteiger partial charge on any atom is 0.185 e. The Bertz CT molecular complexity index is 362. The fourth-order valence-corrected chi connectivity index (χ4v) is 3.48. The molecular formula is C15H27N3OS. The fraction of sp³-hybridized carbons (Fsp3) is 0.800. The quantitative estimate of drug-likeness (QED) is 0.812. The van der Waals surface area contributed by atoms with E-state index in [1.807, 2.05) is 11.6 Å². The zero-order valence-corrected chi connectivity index (χ0v) is 13.5. The van der Waals surface area contributed by atoms with Crippen molar-refractivity contribution in [1.29, 1.82) is 0 Å². The van der Waals surface area contributed by atoms with Gasteiger partial charge in [0.15, 0.2) is 5.13 Å². The maximum atomic E-state index is 9.62. The minimum absolute atomic E-state index is 0.0619. The largest absolute Gasteiger partial charge is 0.396 e. The number of aromatic nitrogens is 1. The first-order valence-electron chi connectivity index (χ1n) is 7.71. The Morgan fingerprint density at radius 1 is 1.40 bits per heavy atom. The van der Waals surface area contributed by atoms with Crippen molar-refractivity contribution < 1.29 is 5.11 Å². The summed E-state index contributed by atoms with van der Waals surface area (Å²) in [6.45, 7) is 7.72. The molecule has 4 nitrogen and oxygen atoms in total. The van der Waals surface area contributed by atoms with Crippen LogP contribution in [-0.2, 0) is 0 Å². The molecular weight excluding hydrogens is 270 g/mol. The second-order valence-corrected chi connectivity index (χ2v) is 6.70. The molecule has 1 aliphatic heterocycles. The van der Waals surface area contributed by atoms with Crippen molar-refractivity contribution in [1.82, 2.24) is 10.3 Å². The molecule has 1 saturated heterocycles. The number of nitrogens with one attached hydrogen (secondary N) is 1. The van der Waals surface area contributed by atoms with Crippen molar-refractivity contribution in [2.45, 2.75) is 45.6 Å². The Morgan fingerprint density at radius 3 is 2.60 bits per heavy atom. The van der Waals surface area contributed by atoms with Crippen molar-refractivity contribution in [2.75, 3.05) is 31.1 Å². The Morgan fingerprint density at radius 2 is 2.10 bits per heavy atom. The smallest absolute Gasteiger partial charge is 0.185 e. The molecule has 5 heteroatoms. The van der Waals surface area contributed by atoms with Gasteiger partial charge in [-0.15, -0.1) is 11.3 Å². The molecule has 2 heterocycles. The average Bonchev–Trinajstić information content (AvgIpc) is 3.04. The van der Waals surface area contributed by atoms with Gasteiger partial charge in [0.2, 0.25) is 0 Å². The minimum Gasteiger partial charge on any atom is -0.396 e. The second kappa shape index (κ2) is 7.38. The molecule has 0 radical (unpaired) electrons. The molecule has 2 N–H and O–H groups in total. The monoisotopic (exact) mass is 297 g/mol. The first kappa shape index (κ1) is 15.7. The van der Waals surface area contributed by atoms with Gasteiger partial charge in [-0.1, -0.05) is 13.8 Å². The van der Waals surface area contributed by atoms with E-state index in [4.69, 9.17) is 0 Å². The molecule has 0 saturated carbocycles. The third kappa shape index (κ3) is 3.71. The van der Waals surface area contributed by atoms with E-state index in [2.05, 4.69) is 29.0 Å². The molecule has 2 rings (SSSR count). The molecule has 1 aliphatic rings. The molecule has 20 heavy (non-hydrogen) atoms. The van der Waals surface area contributed by atoms with Gasteiger partial charge in [-0.2, -0.15) is 0 Å². The predicted octanol–water partition coefficient (Wildman–Crippen LogP) is 2.50. The lowest BCUT2D eigenvalue weighted by Gasteiger charge is -2.36. The molecule has 0 aliphatic carbocycles. The molecule has 1 fully saturated rings. The van der Waals surface area contributed by atoms with E-state index in [1.54, 1.807) is 11.3 Å². The number of piperidine rings is 1. The summed E-state index contributed by atoms with van der Waals surface area (Å²) < 4.78 is 0. The number of rotatable bonds is 7. The van der Waals surface area contributed by atoms with Crippen LogP contribution in [0.1, 0.15) is 39.5 Å². The molecule has 114 valence electrons. The first-order chi connectivity index (χ1) is 9.73. The summed E-state index contributed by atoms with van der Waals surface area (Å²) in [5.74, 6) is 0. The van der Waals surface area contributed by atoms with Crippen LogP contribution in [-0.4, -0.2) is 42.4 Å². The molecule has 0 unspecified atom stereocenters. The van der Waals surface area contributed by atoms with Gasteiger partial charge >= 0.3 is 0 Å². The lowest BCUT2D eigenvalue weighted by molar-refractivity contribution is 0.108. The van der Waals surface area contributed by atoms with Crippen LogP contribution in [0.25, 0.3) is 0 Å². The minimum atomic E-state index is 0.0619. The number of hydrogen-bond acceptors (Lipinski definition) is 5. The van der Waals surface area contributed by atoms with Gasteiger partial charge in [0, 0.05) is 49.3 Å². The first-order valence-corrected chi connectivity index (χ1v) is 8.59. The summed E-state index contributed by atoms with van der Waals surface area (Å²) >= 11 is 1.72. The van der Waals surface area contributed by atoms with Crippen LogP contribution in [0.2, 0.25) is 0 Å². The van der Waals surface area contributed by atoms with Gasteiger partial charge < -0.3 is 15.3 Å². The summed E-state index contributed by atoms with van der Waals surface area (Å²) in [4.78, 5) is 6.76. The van der Waals surface area contributed by atoms with Gasteiger partial charge in [0.25, 0.3) is 0 Å². The molecule has 1 aromatic rings. The zero-order chi connectivity index (χ0) is 14.4. The van der Waals surface area contributed by atoms with E-state index >= 15 is 0 Å². The molecule has 0 atom stereocenters. The van der Waals surface area contributed by atoms with E-state index in [0.29, 0.717) is 6.04 Å². The Kier molecular flexibility index (Phi) is 5.81. The standard InChI is InChI=1S/C15H27N3OS/c1-3-15(4-2,12-19)11-17-13-5-8-18(9-6-13)14-16-7-10-20-14/h7,10,13,17,19H,3-6,8-9,11-12H2,1-2H3. The van der Waals surface area contributed by atoms with Crippen molar-refractivity contribution in [3.63, 3.8) is 0 Å². The fourth-order valence-electron chi connectivity index (χ4n) is 2.79. The lowest BCUT2D eigenvalue weighted by atomic mass is 9.83. The Labute approximate surface area is 126 Å². The molecule has 1 aromatic heterocycles. The number of nitrogens with zero attached hydrogens (tertiary/aromatic N) is 2. The van der Waals surface area contributed by atoms with Crippen molar-refractivity contribution >= 4 is 16.5 Å². The number of anilines is 1. The van der Waals surface area contributed by atoms with Crippen LogP contribution in [0.5, 0.6) is 0 Å². The van der Waals surface area contributed by atoms with Crippen molar-refractivity contribution in [3.8, 4) is 0 Å². The maximum absolute atomic E-state index is 9.62. The van der Waals surface area contributed by atoms with E-state index in [-0.39, 0.29) is 12.0 Å². The number of aliphatic hydroxyl groups is 1. The van der Waals surface area contributed by atoms with Crippen LogP contribution in [0.15, 0.2) is 11.6 Å². The van der Waals surface area contributed by atoms with Gasteiger partial charge in [-0.05, 0) is 25.7 Å². The number of thiazole rings is 1. The summed E-state index contributed by atoms with van der Waals surface area (Å²) in [6, 6.07) is 0.579. The van der Waals surface area contributed by atoms with Crippen LogP contribution in [0, 0.1) is 5.41 Å². The highest BCUT2D eigenvalue weighted by Crippen LogP contribution is 2.26. The Hall–Kier alpha value is -0.650. The zero-order valence-electron chi connectivity index (χ0n) is 12.6. The summed E-state index contributed by atoms with van der Waals surface area (Å²) in [5, 5.41) is 16.5. The highest BCUT2D eigenvalue weighted by Gasteiger charge is 2.27. The second-order valence-electron chi connectivity index (χ2n) is 5.82. The highest BCUT2D eigenvalue weighted by atomic mass is 32.1. The van der Waals surface area contributed by atoms with E-state index < -0.39 is 0 Å². The topological polar surface area (TPSA) is 48.4 Å². The summed E-state index contributed by atoms with van der Waals surface area (Å²) in [5.41, 5.74) is 0.0619. The molecule has 0 amide bonds. The summed E-state index contributed by atoms with van der Waals surface area (Å²) in [7, 11) is 0. The lowest BCUT2D eigenvalue weighted by Crippen LogP contribution is -2.47. The van der Waals surface area contributed by atoms with Gasteiger partial charge in [-0.25, -0.2) is 4.98 Å². The van der Waals surface area contributed by atoms with Gasteiger partial charge in [0.05, 0.1) is 0 Å². The SMILES string of the molecule is CCC(CC)(CO)CNC1CCN(c2nccs2)CC1. The predicted molar refractivity (Wildman–Crippen MR) is 85.5 cm³/mol. The third-order valence-electron chi connectivity index (χ3n) is 4.79. The van der Waals surface area contributed by atoms with Crippen LogP contribution >= 0.6 is 11.3 Å². The van der Waals surface area contributed by atoms with E-state index in [0.717, 1.165) is 50.4 Å².